The molecule has 1 rings (SSSR count). The fraction of sp³-hybridized carbons (Fsp3) is 0.462. The zero-order valence-corrected chi connectivity index (χ0v) is 13.1. The Morgan fingerprint density at radius 2 is 2.10 bits per heavy atom. The van der Waals surface area contributed by atoms with E-state index in [0.29, 0.717) is 6.54 Å². The first-order valence-electron chi connectivity index (χ1n) is 6.41. The Bertz CT molecular complexity index is 601. The van der Waals surface area contributed by atoms with E-state index in [4.69, 9.17) is 9.84 Å². The molecule has 0 aliphatic rings. The van der Waals surface area contributed by atoms with Crippen LogP contribution in [0.5, 0.6) is 5.75 Å². The summed E-state index contributed by atoms with van der Waals surface area (Å²) in [6, 6.07) is 3.72. The number of ether oxygens (including phenoxy) is 1. The van der Waals surface area contributed by atoms with Crippen LogP contribution < -0.4 is 9.46 Å². The number of carboxylic acids is 1. The summed E-state index contributed by atoms with van der Waals surface area (Å²) in [6.45, 7) is 3.55. The second-order valence-corrected chi connectivity index (χ2v) is 6.20. The lowest BCUT2D eigenvalue weighted by Crippen LogP contribution is -2.33. The predicted octanol–water partition coefficient (Wildman–Crippen LogP) is 0.623. The van der Waals surface area contributed by atoms with Crippen molar-refractivity contribution in [3.8, 4) is 5.75 Å². The number of carboxylic acid groups (broad SMARTS) is 1. The SMILES string of the molecule is CCN(C)CCNS(=O)(=O)c1cc(C(=O)O)ccc1OC. The van der Waals surface area contributed by atoms with Gasteiger partial charge in [-0.3, -0.25) is 0 Å². The van der Waals surface area contributed by atoms with Crippen molar-refractivity contribution < 1.29 is 23.1 Å². The molecular formula is C13H20N2O5S. The fourth-order valence-corrected chi connectivity index (χ4v) is 2.84. The standard InChI is InChI=1S/C13H20N2O5S/c1-4-15(2)8-7-14-21(18,19)12-9-10(13(16)17)5-6-11(12)20-3/h5-6,9,14H,4,7-8H2,1-3H3,(H,16,17). The Labute approximate surface area is 124 Å². The van der Waals surface area contributed by atoms with Gasteiger partial charge in [-0.2, -0.15) is 0 Å². The van der Waals surface area contributed by atoms with E-state index >= 15 is 0 Å². The van der Waals surface area contributed by atoms with Gasteiger partial charge in [0.15, 0.2) is 0 Å². The van der Waals surface area contributed by atoms with Crippen molar-refractivity contribution in [2.24, 2.45) is 0 Å². The lowest BCUT2D eigenvalue weighted by atomic mass is 10.2. The number of rotatable bonds is 8. The highest BCUT2D eigenvalue weighted by molar-refractivity contribution is 7.89. The highest BCUT2D eigenvalue weighted by Crippen LogP contribution is 2.24. The van der Waals surface area contributed by atoms with Gasteiger partial charge in [0.05, 0.1) is 12.7 Å². The van der Waals surface area contributed by atoms with Crippen LogP contribution in [0.25, 0.3) is 0 Å². The number of likely N-dealkylation sites (N-methyl/N-ethyl adjacent to an activating group) is 1. The number of hydrogen-bond donors (Lipinski definition) is 2. The number of nitrogens with zero attached hydrogens (tertiary/aromatic N) is 1. The number of aromatic carboxylic acids is 1. The predicted molar refractivity (Wildman–Crippen MR) is 78.3 cm³/mol. The molecule has 0 spiro atoms. The van der Waals surface area contributed by atoms with Gasteiger partial charge in [0.2, 0.25) is 10.0 Å². The molecule has 0 atom stereocenters. The van der Waals surface area contributed by atoms with Crippen molar-refractivity contribution in [2.75, 3.05) is 33.8 Å². The number of methoxy groups -OCH3 is 1. The minimum Gasteiger partial charge on any atom is -0.495 e. The Morgan fingerprint density at radius 1 is 1.43 bits per heavy atom. The minimum atomic E-state index is -3.83. The van der Waals surface area contributed by atoms with E-state index < -0.39 is 16.0 Å². The second-order valence-electron chi connectivity index (χ2n) is 4.46. The lowest BCUT2D eigenvalue weighted by molar-refractivity contribution is 0.0696. The summed E-state index contributed by atoms with van der Waals surface area (Å²) in [5, 5.41) is 8.96. The highest BCUT2D eigenvalue weighted by atomic mass is 32.2. The molecule has 0 aromatic heterocycles. The van der Waals surface area contributed by atoms with Gasteiger partial charge in [-0.05, 0) is 31.8 Å². The number of sulfonamides is 1. The van der Waals surface area contributed by atoms with Crippen molar-refractivity contribution in [3.63, 3.8) is 0 Å². The Kier molecular flexibility index (Phi) is 6.13. The smallest absolute Gasteiger partial charge is 0.335 e. The van der Waals surface area contributed by atoms with E-state index in [9.17, 15) is 13.2 Å². The lowest BCUT2D eigenvalue weighted by Gasteiger charge is -2.15. The maximum atomic E-state index is 12.3. The molecular weight excluding hydrogens is 296 g/mol. The molecule has 7 nitrogen and oxygen atoms in total. The van der Waals surface area contributed by atoms with E-state index in [2.05, 4.69) is 4.72 Å². The second kappa shape index (κ2) is 7.39. The first-order chi connectivity index (χ1) is 9.81. The molecule has 118 valence electrons. The quantitative estimate of drug-likeness (QED) is 0.730. The molecule has 0 saturated heterocycles. The van der Waals surface area contributed by atoms with Crippen LogP contribution in [-0.2, 0) is 10.0 Å². The molecule has 0 aliphatic heterocycles. The van der Waals surface area contributed by atoms with Gasteiger partial charge in [-0.1, -0.05) is 6.92 Å². The van der Waals surface area contributed by atoms with Gasteiger partial charge in [0, 0.05) is 13.1 Å². The monoisotopic (exact) mass is 316 g/mol. The minimum absolute atomic E-state index is 0.108. The first-order valence-corrected chi connectivity index (χ1v) is 7.89. The summed E-state index contributed by atoms with van der Waals surface area (Å²) >= 11 is 0. The van der Waals surface area contributed by atoms with Crippen LogP contribution in [0.3, 0.4) is 0 Å². The molecule has 21 heavy (non-hydrogen) atoms. The van der Waals surface area contributed by atoms with Gasteiger partial charge >= 0.3 is 5.97 Å². The van der Waals surface area contributed by atoms with Crippen molar-refractivity contribution in [3.05, 3.63) is 23.8 Å². The molecule has 0 heterocycles. The summed E-state index contributed by atoms with van der Waals surface area (Å²) in [5.74, 6) is -1.09. The fourth-order valence-electron chi connectivity index (χ4n) is 1.63. The zero-order chi connectivity index (χ0) is 16.0. The number of benzene rings is 1. The van der Waals surface area contributed by atoms with Crippen LogP contribution in [0.1, 0.15) is 17.3 Å². The van der Waals surface area contributed by atoms with Crippen LogP contribution in [0.4, 0.5) is 0 Å². The summed E-state index contributed by atoms with van der Waals surface area (Å²) in [7, 11) is -0.620. The van der Waals surface area contributed by atoms with Crippen molar-refractivity contribution in [2.45, 2.75) is 11.8 Å². The van der Waals surface area contributed by atoms with Crippen molar-refractivity contribution in [1.29, 1.82) is 0 Å². The topological polar surface area (TPSA) is 95.9 Å². The number of carbonyl (C=O) groups is 1. The summed E-state index contributed by atoms with van der Waals surface area (Å²) < 4.78 is 31.9. The van der Waals surface area contributed by atoms with Gasteiger partial charge in [0.1, 0.15) is 10.6 Å². The van der Waals surface area contributed by atoms with Gasteiger partial charge in [0.25, 0.3) is 0 Å². The maximum Gasteiger partial charge on any atom is 0.335 e. The number of nitrogens with one attached hydrogen (secondary N) is 1. The molecule has 8 heteroatoms. The van der Waals surface area contributed by atoms with E-state index in [0.717, 1.165) is 12.6 Å². The van der Waals surface area contributed by atoms with Crippen LogP contribution in [0, 0.1) is 0 Å². The molecule has 0 amide bonds. The number of hydrogen-bond acceptors (Lipinski definition) is 5. The molecule has 2 N–H and O–H groups in total. The molecule has 1 aromatic rings. The molecule has 0 fully saturated rings. The van der Waals surface area contributed by atoms with Gasteiger partial charge in [-0.15, -0.1) is 0 Å². The normalized spacial score (nSPS) is 11.6. The van der Waals surface area contributed by atoms with Crippen molar-refractivity contribution in [1.82, 2.24) is 9.62 Å². The van der Waals surface area contributed by atoms with E-state index in [1.54, 1.807) is 0 Å². The summed E-state index contributed by atoms with van der Waals surface area (Å²) in [4.78, 5) is 12.7. The largest absolute Gasteiger partial charge is 0.495 e. The first kappa shape index (κ1) is 17.4. The highest BCUT2D eigenvalue weighted by Gasteiger charge is 2.21. The van der Waals surface area contributed by atoms with E-state index in [1.165, 1.54) is 19.2 Å². The summed E-state index contributed by atoms with van der Waals surface area (Å²) in [6.07, 6.45) is 0. The Hall–Kier alpha value is -1.64. The third-order valence-corrected chi connectivity index (χ3v) is 4.51. The Balaban J connectivity index is 3.00. The third-order valence-electron chi connectivity index (χ3n) is 3.03. The van der Waals surface area contributed by atoms with Crippen LogP contribution >= 0.6 is 0 Å². The molecule has 0 aliphatic carbocycles. The molecule has 0 unspecified atom stereocenters. The maximum absolute atomic E-state index is 12.3. The molecule has 0 radical (unpaired) electrons. The van der Waals surface area contributed by atoms with Crippen LogP contribution in [0.2, 0.25) is 0 Å². The van der Waals surface area contributed by atoms with Gasteiger partial charge in [-0.25, -0.2) is 17.9 Å². The van der Waals surface area contributed by atoms with E-state index in [-0.39, 0.29) is 22.8 Å². The van der Waals surface area contributed by atoms with E-state index in [1.807, 2.05) is 18.9 Å². The summed E-state index contributed by atoms with van der Waals surface area (Å²) in [5.41, 5.74) is -0.109. The zero-order valence-electron chi connectivity index (χ0n) is 12.3. The van der Waals surface area contributed by atoms with Crippen molar-refractivity contribution >= 4 is 16.0 Å². The average Bonchev–Trinajstić information content (AvgIpc) is 2.45. The molecule has 1 aromatic carbocycles. The Morgan fingerprint density at radius 3 is 2.62 bits per heavy atom. The average molecular weight is 316 g/mol. The van der Waals surface area contributed by atoms with Gasteiger partial charge < -0.3 is 14.7 Å². The van der Waals surface area contributed by atoms with Crippen LogP contribution in [-0.4, -0.2) is 58.2 Å². The molecule has 0 saturated carbocycles. The third kappa shape index (κ3) is 4.69. The molecule has 0 bridgehead atoms. The van der Waals surface area contributed by atoms with Crippen LogP contribution in [0.15, 0.2) is 23.1 Å².